The van der Waals surface area contributed by atoms with Crippen molar-refractivity contribution in [2.24, 2.45) is 0 Å². The molecule has 0 saturated carbocycles. The van der Waals surface area contributed by atoms with Crippen LogP contribution in [-0.4, -0.2) is 15.1 Å². The van der Waals surface area contributed by atoms with E-state index >= 15 is 0 Å². The number of hydrogen-bond acceptors (Lipinski definition) is 6. The highest BCUT2D eigenvalue weighted by Gasteiger charge is 2.13. The summed E-state index contributed by atoms with van der Waals surface area (Å²) in [5, 5.41) is 18.3. The van der Waals surface area contributed by atoms with Crippen LogP contribution in [0, 0.1) is 10.1 Å². The maximum absolute atomic E-state index is 10.8. The fraction of sp³-hybridized carbons (Fsp3) is 0.0667. The van der Waals surface area contributed by atoms with Crippen molar-refractivity contribution >= 4 is 38.9 Å². The SMILES string of the molecule is O=[N+]([O-])c1cccc(-c2noc(CNc3ccc(Br)cc3Cl)n2)c1. The van der Waals surface area contributed by atoms with Gasteiger partial charge in [0.25, 0.3) is 5.69 Å². The first-order chi connectivity index (χ1) is 11.5. The second kappa shape index (κ2) is 6.98. The molecule has 0 aliphatic rings. The molecule has 0 bridgehead atoms. The van der Waals surface area contributed by atoms with Crippen LogP contribution >= 0.6 is 27.5 Å². The normalized spacial score (nSPS) is 10.6. The Hall–Kier alpha value is -2.45. The molecule has 1 N–H and O–H groups in total. The van der Waals surface area contributed by atoms with Crippen molar-refractivity contribution in [3.63, 3.8) is 0 Å². The maximum atomic E-state index is 10.8. The molecule has 0 spiro atoms. The number of hydrogen-bond donors (Lipinski definition) is 1. The largest absolute Gasteiger partial charge is 0.375 e. The lowest BCUT2D eigenvalue weighted by atomic mass is 10.2. The third kappa shape index (κ3) is 3.72. The number of anilines is 1. The van der Waals surface area contributed by atoms with Crippen LogP contribution in [0.5, 0.6) is 0 Å². The molecule has 0 amide bonds. The number of benzene rings is 2. The zero-order chi connectivity index (χ0) is 17.1. The fourth-order valence-corrected chi connectivity index (χ4v) is 2.75. The first-order valence-corrected chi connectivity index (χ1v) is 7.96. The van der Waals surface area contributed by atoms with Gasteiger partial charge in [-0.3, -0.25) is 10.1 Å². The van der Waals surface area contributed by atoms with E-state index in [9.17, 15) is 10.1 Å². The third-order valence-electron chi connectivity index (χ3n) is 3.14. The summed E-state index contributed by atoms with van der Waals surface area (Å²) >= 11 is 9.46. The summed E-state index contributed by atoms with van der Waals surface area (Å²) in [6.07, 6.45) is 0. The summed E-state index contributed by atoms with van der Waals surface area (Å²) < 4.78 is 6.04. The second-order valence-electron chi connectivity index (χ2n) is 4.80. The summed E-state index contributed by atoms with van der Waals surface area (Å²) in [6.45, 7) is 0.281. The van der Waals surface area contributed by atoms with E-state index < -0.39 is 4.92 Å². The Morgan fingerprint density at radius 3 is 2.88 bits per heavy atom. The van der Waals surface area contributed by atoms with Crippen molar-refractivity contribution in [2.75, 3.05) is 5.32 Å². The molecule has 0 aliphatic heterocycles. The van der Waals surface area contributed by atoms with E-state index in [-0.39, 0.29) is 18.1 Å². The number of nitro groups is 1. The lowest BCUT2D eigenvalue weighted by Gasteiger charge is -2.05. The lowest BCUT2D eigenvalue weighted by molar-refractivity contribution is -0.384. The minimum atomic E-state index is -0.471. The van der Waals surface area contributed by atoms with Crippen LogP contribution in [0.25, 0.3) is 11.4 Å². The molecule has 3 aromatic rings. The first kappa shape index (κ1) is 16.4. The number of non-ortho nitro benzene ring substituents is 1. The van der Waals surface area contributed by atoms with Crippen LogP contribution in [0.1, 0.15) is 5.89 Å². The topological polar surface area (TPSA) is 94.1 Å². The minimum absolute atomic E-state index is 0.0291. The minimum Gasteiger partial charge on any atom is -0.375 e. The van der Waals surface area contributed by atoms with Crippen LogP contribution in [0.4, 0.5) is 11.4 Å². The molecule has 3 rings (SSSR count). The van der Waals surface area contributed by atoms with Gasteiger partial charge in [0.15, 0.2) is 0 Å². The third-order valence-corrected chi connectivity index (χ3v) is 3.95. The van der Waals surface area contributed by atoms with E-state index in [0.717, 1.165) is 10.2 Å². The van der Waals surface area contributed by atoms with Crippen molar-refractivity contribution in [3.8, 4) is 11.4 Å². The molecule has 24 heavy (non-hydrogen) atoms. The molecule has 0 fully saturated rings. The predicted molar refractivity (Wildman–Crippen MR) is 92.9 cm³/mol. The number of rotatable bonds is 5. The van der Waals surface area contributed by atoms with Crippen molar-refractivity contribution in [1.82, 2.24) is 10.1 Å². The Bertz CT molecular complexity index is 900. The van der Waals surface area contributed by atoms with E-state index in [4.69, 9.17) is 16.1 Å². The zero-order valence-electron chi connectivity index (χ0n) is 12.1. The van der Waals surface area contributed by atoms with Gasteiger partial charge >= 0.3 is 0 Å². The van der Waals surface area contributed by atoms with Gasteiger partial charge in [-0.1, -0.05) is 44.8 Å². The highest BCUT2D eigenvalue weighted by Crippen LogP contribution is 2.26. The number of halogens is 2. The highest BCUT2D eigenvalue weighted by atomic mass is 79.9. The van der Waals surface area contributed by atoms with Crippen LogP contribution in [0.2, 0.25) is 5.02 Å². The van der Waals surface area contributed by atoms with Crippen LogP contribution in [-0.2, 0) is 6.54 Å². The molecule has 1 aromatic heterocycles. The molecule has 0 aliphatic carbocycles. The molecule has 0 radical (unpaired) electrons. The van der Waals surface area contributed by atoms with Gasteiger partial charge in [-0.05, 0) is 18.2 Å². The van der Waals surface area contributed by atoms with E-state index in [1.54, 1.807) is 18.2 Å². The van der Waals surface area contributed by atoms with E-state index in [2.05, 4.69) is 31.4 Å². The van der Waals surface area contributed by atoms with E-state index in [1.807, 2.05) is 12.1 Å². The predicted octanol–water partition coefficient (Wildman–Crippen LogP) is 4.67. The Morgan fingerprint density at radius 2 is 2.12 bits per heavy atom. The Balaban J connectivity index is 1.74. The van der Waals surface area contributed by atoms with Gasteiger partial charge in [-0.25, -0.2) is 0 Å². The van der Waals surface area contributed by atoms with Crippen molar-refractivity contribution in [1.29, 1.82) is 0 Å². The second-order valence-corrected chi connectivity index (χ2v) is 6.12. The summed E-state index contributed by atoms with van der Waals surface area (Å²) in [6, 6.07) is 11.5. The van der Waals surface area contributed by atoms with Gasteiger partial charge in [0.2, 0.25) is 11.7 Å². The first-order valence-electron chi connectivity index (χ1n) is 6.79. The van der Waals surface area contributed by atoms with Crippen molar-refractivity contribution < 1.29 is 9.45 Å². The fourth-order valence-electron chi connectivity index (χ4n) is 2.01. The van der Waals surface area contributed by atoms with Crippen molar-refractivity contribution in [2.45, 2.75) is 6.54 Å². The number of nitrogens with one attached hydrogen (secondary N) is 1. The smallest absolute Gasteiger partial charge is 0.270 e. The maximum Gasteiger partial charge on any atom is 0.270 e. The standard InChI is InChI=1S/C15H10BrClN4O3/c16-10-4-5-13(12(17)7-10)18-8-14-19-15(20-24-14)9-2-1-3-11(6-9)21(22)23/h1-7,18H,8H2. The van der Waals surface area contributed by atoms with E-state index in [1.165, 1.54) is 12.1 Å². The summed E-state index contributed by atoms with van der Waals surface area (Å²) in [5.74, 6) is 0.632. The van der Waals surface area contributed by atoms with Gasteiger partial charge in [-0.2, -0.15) is 4.98 Å². The molecule has 9 heteroatoms. The van der Waals surface area contributed by atoms with Crippen molar-refractivity contribution in [3.05, 3.63) is 68.0 Å². The molecule has 7 nitrogen and oxygen atoms in total. The van der Waals surface area contributed by atoms with Gasteiger partial charge in [0.05, 0.1) is 22.2 Å². The molecule has 122 valence electrons. The van der Waals surface area contributed by atoms with Gasteiger partial charge in [0.1, 0.15) is 0 Å². The van der Waals surface area contributed by atoms with Crippen LogP contribution in [0.3, 0.4) is 0 Å². The quantitative estimate of drug-likeness (QED) is 0.486. The van der Waals surface area contributed by atoms with Gasteiger partial charge in [0, 0.05) is 22.2 Å². The number of aromatic nitrogens is 2. The molecule has 0 saturated heterocycles. The molecule has 0 unspecified atom stereocenters. The van der Waals surface area contributed by atoms with Gasteiger partial charge < -0.3 is 9.84 Å². The molecule has 2 aromatic carbocycles. The average molecular weight is 410 g/mol. The van der Waals surface area contributed by atoms with Crippen LogP contribution < -0.4 is 5.32 Å². The van der Waals surface area contributed by atoms with Gasteiger partial charge in [-0.15, -0.1) is 0 Å². The number of nitrogens with zero attached hydrogens (tertiary/aromatic N) is 3. The Labute approximate surface area is 149 Å². The Kier molecular flexibility index (Phi) is 4.77. The summed E-state index contributed by atoms with van der Waals surface area (Å²) in [7, 11) is 0. The Morgan fingerprint density at radius 1 is 1.29 bits per heavy atom. The summed E-state index contributed by atoms with van der Waals surface area (Å²) in [5.41, 5.74) is 1.22. The highest BCUT2D eigenvalue weighted by molar-refractivity contribution is 9.10. The lowest BCUT2D eigenvalue weighted by Crippen LogP contribution is -2.00. The van der Waals surface area contributed by atoms with E-state index in [0.29, 0.717) is 16.5 Å². The molecular weight excluding hydrogens is 400 g/mol. The molecular formula is C15H10BrClN4O3. The summed E-state index contributed by atoms with van der Waals surface area (Å²) in [4.78, 5) is 14.6. The molecule has 0 atom stereocenters. The number of nitro benzene ring substituents is 1. The molecule has 1 heterocycles. The average Bonchev–Trinajstić information content (AvgIpc) is 3.03. The monoisotopic (exact) mass is 408 g/mol. The zero-order valence-corrected chi connectivity index (χ0v) is 14.4. The van der Waals surface area contributed by atoms with Crippen LogP contribution in [0.15, 0.2) is 51.5 Å².